The summed E-state index contributed by atoms with van der Waals surface area (Å²) in [6, 6.07) is 0.777. The predicted molar refractivity (Wildman–Crippen MR) is 67.1 cm³/mol. The molecule has 0 aromatic heterocycles. The van der Waals surface area contributed by atoms with Crippen molar-refractivity contribution in [2.75, 3.05) is 26.2 Å². The zero-order valence-corrected chi connectivity index (χ0v) is 9.75. The second-order valence-electron chi connectivity index (χ2n) is 4.27. The predicted octanol–water partition coefficient (Wildman–Crippen LogP) is 2.19. The molecule has 1 saturated heterocycles. The highest BCUT2D eigenvalue weighted by molar-refractivity contribution is 4.80. The lowest BCUT2D eigenvalue weighted by Crippen LogP contribution is -2.27. The Kier molecular flexibility index (Phi) is 6.37. The molecule has 0 amide bonds. The minimum atomic E-state index is 0.777. The van der Waals surface area contributed by atoms with Gasteiger partial charge in [0.25, 0.3) is 0 Å². The lowest BCUT2D eigenvalue weighted by Gasteiger charge is -2.19. The minimum Gasteiger partial charge on any atom is -0.314 e. The molecule has 15 heavy (non-hydrogen) atoms. The summed E-state index contributed by atoms with van der Waals surface area (Å²) in [6.45, 7) is 11.9. The van der Waals surface area contributed by atoms with Gasteiger partial charge in [-0.2, -0.15) is 0 Å². The second kappa shape index (κ2) is 7.66. The second-order valence-corrected chi connectivity index (χ2v) is 4.27. The zero-order valence-electron chi connectivity index (χ0n) is 9.75. The van der Waals surface area contributed by atoms with Crippen LogP contribution in [0.3, 0.4) is 0 Å². The van der Waals surface area contributed by atoms with E-state index in [1.165, 1.54) is 32.2 Å². The van der Waals surface area contributed by atoms with Crippen molar-refractivity contribution in [3.05, 3.63) is 25.3 Å². The number of hydrogen-bond donors (Lipinski definition) is 1. The Morgan fingerprint density at radius 3 is 2.53 bits per heavy atom. The van der Waals surface area contributed by atoms with Crippen LogP contribution in [-0.4, -0.2) is 37.1 Å². The van der Waals surface area contributed by atoms with Crippen LogP contribution in [0.4, 0.5) is 0 Å². The van der Waals surface area contributed by atoms with Gasteiger partial charge in [-0.05, 0) is 38.8 Å². The first kappa shape index (κ1) is 12.5. The molecule has 0 spiro atoms. The molecule has 1 unspecified atom stereocenters. The SMILES string of the molecule is C=CCN(CC=C)CCCC1CCCN1. The van der Waals surface area contributed by atoms with Gasteiger partial charge in [-0.15, -0.1) is 13.2 Å². The Morgan fingerprint density at radius 2 is 2.00 bits per heavy atom. The van der Waals surface area contributed by atoms with Crippen molar-refractivity contribution in [3.63, 3.8) is 0 Å². The topological polar surface area (TPSA) is 15.3 Å². The smallest absolute Gasteiger partial charge is 0.0163 e. The van der Waals surface area contributed by atoms with Gasteiger partial charge in [0.15, 0.2) is 0 Å². The fourth-order valence-electron chi connectivity index (χ4n) is 2.19. The van der Waals surface area contributed by atoms with Crippen molar-refractivity contribution in [3.8, 4) is 0 Å². The molecule has 2 nitrogen and oxygen atoms in total. The Labute approximate surface area is 94.0 Å². The highest BCUT2D eigenvalue weighted by atomic mass is 15.1. The Morgan fingerprint density at radius 1 is 1.27 bits per heavy atom. The van der Waals surface area contributed by atoms with E-state index in [4.69, 9.17) is 0 Å². The first-order chi connectivity index (χ1) is 7.36. The van der Waals surface area contributed by atoms with Crippen molar-refractivity contribution in [2.45, 2.75) is 31.7 Å². The number of rotatable bonds is 8. The molecule has 1 aliphatic heterocycles. The van der Waals surface area contributed by atoms with Gasteiger partial charge in [-0.1, -0.05) is 12.2 Å². The van der Waals surface area contributed by atoms with Gasteiger partial charge in [-0.3, -0.25) is 4.90 Å². The van der Waals surface area contributed by atoms with Crippen molar-refractivity contribution in [2.24, 2.45) is 0 Å². The fraction of sp³-hybridized carbons (Fsp3) is 0.692. The van der Waals surface area contributed by atoms with E-state index in [1.54, 1.807) is 0 Å². The summed E-state index contributed by atoms with van der Waals surface area (Å²) in [5.41, 5.74) is 0. The van der Waals surface area contributed by atoms with Crippen LogP contribution in [0.15, 0.2) is 25.3 Å². The summed E-state index contributed by atoms with van der Waals surface area (Å²) in [6.07, 6.45) is 9.25. The van der Waals surface area contributed by atoms with Gasteiger partial charge in [0, 0.05) is 19.1 Å². The van der Waals surface area contributed by atoms with Gasteiger partial charge in [0.05, 0.1) is 0 Å². The number of nitrogens with zero attached hydrogens (tertiary/aromatic N) is 1. The molecule has 1 aliphatic rings. The highest BCUT2D eigenvalue weighted by Crippen LogP contribution is 2.11. The van der Waals surface area contributed by atoms with Gasteiger partial charge < -0.3 is 5.32 Å². The van der Waals surface area contributed by atoms with E-state index >= 15 is 0 Å². The molecule has 0 aromatic carbocycles. The average molecular weight is 208 g/mol. The quantitative estimate of drug-likeness (QED) is 0.615. The molecule has 86 valence electrons. The molecule has 0 aromatic rings. The van der Waals surface area contributed by atoms with Gasteiger partial charge in [-0.25, -0.2) is 0 Å². The molecule has 0 bridgehead atoms. The van der Waals surface area contributed by atoms with Crippen LogP contribution in [0.1, 0.15) is 25.7 Å². The first-order valence-corrected chi connectivity index (χ1v) is 6.04. The Bertz CT molecular complexity index is 173. The van der Waals surface area contributed by atoms with E-state index in [1.807, 2.05) is 12.2 Å². The van der Waals surface area contributed by atoms with Gasteiger partial charge in [0.1, 0.15) is 0 Å². The summed E-state index contributed by atoms with van der Waals surface area (Å²) in [7, 11) is 0. The van der Waals surface area contributed by atoms with Gasteiger partial charge >= 0.3 is 0 Å². The van der Waals surface area contributed by atoms with Crippen LogP contribution in [0.2, 0.25) is 0 Å². The molecule has 1 atom stereocenters. The summed E-state index contributed by atoms with van der Waals surface area (Å²) in [5.74, 6) is 0. The zero-order chi connectivity index (χ0) is 10.9. The fourth-order valence-corrected chi connectivity index (χ4v) is 2.19. The monoisotopic (exact) mass is 208 g/mol. The molecule has 1 N–H and O–H groups in total. The van der Waals surface area contributed by atoms with Crippen molar-refractivity contribution in [1.29, 1.82) is 0 Å². The Balaban J connectivity index is 2.08. The summed E-state index contributed by atoms with van der Waals surface area (Å²) in [5, 5.41) is 3.54. The number of nitrogens with one attached hydrogen (secondary N) is 1. The molecule has 1 fully saturated rings. The van der Waals surface area contributed by atoms with Crippen molar-refractivity contribution in [1.82, 2.24) is 10.2 Å². The molecule has 1 rings (SSSR count). The van der Waals surface area contributed by atoms with E-state index < -0.39 is 0 Å². The standard InChI is InChI=1S/C13H24N2/c1-3-10-15(11-4-2)12-6-8-13-7-5-9-14-13/h3-4,13-14H,1-2,5-12H2. The third-order valence-electron chi connectivity index (χ3n) is 2.96. The summed E-state index contributed by atoms with van der Waals surface area (Å²) >= 11 is 0. The van der Waals surface area contributed by atoms with Crippen LogP contribution >= 0.6 is 0 Å². The maximum Gasteiger partial charge on any atom is 0.0163 e. The largest absolute Gasteiger partial charge is 0.314 e. The molecule has 0 saturated carbocycles. The van der Waals surface area contributed by atoms with Crippen LogP contribution < -0.4 is 5.32 Å². The lowest BCUT2D eigenvalue weighted by atomic mass is 10.1. The van der Waals surface area contributed by atoms with E-state index in [0.29, 0.717) is 0 Å². The van der Waals surface area contributed by atoms with Crippen molar-refractivity contribution >= 4 is 0 Å². The normalized spacial score (nSPS) is 20.7. The highest BCUT2D eigenvalue weighted by Gasteiger charge is 2.13. The number of hydrogen-bond acceptors (Lipinski definition) is 2. The van der Waals surface area contributed by atoms with Crippen LogP contribution in [0, 0.1) is 0 Å². The molecule has 0 aliphatic carbocycles. The first-order valence-electron chi connectivity index (χ1n) is 6.04. The summed E-state index contributed by atoms with van der Waals surface area (Å²) in [4.78, 5) is 2.38. The van der Waals surface area contributed by atoms with Crippen LogP contribution in [0.5, 0.6) is 0 Å². The molecule has 2 heteroatoms. The van der Waals surface area contributed by atoms with Crippen LogP contribution in [0.25, 0.3) is 0 Å². The van der Waals surface area contributed by atoms with E-state index in [0.717, 1.165) is 25.7 Å². The molecular weight excluding hydrogens is 184 g/mol. The maximum atomic E-state index is 3.78. The molecule has 0 radical (unpaired) electrons. The third-order valence-corrected chi connectivity index (χ3v) is 2.96. The minimum absolute atomic E-state index is 0.777. The van der Waals surface area contributed by atoms with E-state index in [9.17, 15) is 0 Å². The van der Waals surface area contributed by atoms with Crippen LogP contribution in [-0.2, 0) is 0 Å². The lowest BCUT2D eigenvalue weighted by molar-refractivity contribution is 0.319. The van der Waals surface area contributed by atoms with Gasteiger partial charge in [0.2, 0.25) is 0 Å². The third kappa shape index (κ3) is 5.14. The average Bonchev–Trinajstić information content (AvgIpc) is 2.71. The van der Waals surface area contributed by atoms with E-state index in [2.05, 4.69) is 23.4 Å². The van der Waals surface area contributed by atoms with Crippen molar-refractivity contribution < 1.29 is 0 Å². The Hall–Kier alpha value is -0.600. The van der Waals surface area contributed by atoms with E-state index in [-0.39, 0.29) is 0 Å². The molecule has 1 heterocycles. The maximum absolute atomic E-state index is 3.78. The molecular formula is C13H24N2. The summed E-state index contributed by atoms with van der Waals surface area (Å²) < 4.78 is 0.